The molecule has 0 amide bonds. The summed E-state index contributed by atoms with van der Waals surface area (Å²) in [7, 11) is 0. The number of hydrogen-bond donors (Lipinski definition) is 0. The molecule has 3 aromatic rings. The van der Waals surface area contributed by atoms with Crippen LogP contribution in [0.4, 0.5) is 0 Å². The smallest absolute Gasteiger partial charge is 0.225 e. The lowest BCUT2D eigenvalue weighted by molar-refractivity contribution is 0.296. The number of rotatable bonds is 3. The van der Waals surface area contributed by atoms with E-state index in [1.165, 1.54) is 28.0 Å². The van der Waals surface area contributed by atoms with Gasteiger partial charge in [0.1, 0.15) is 17.8 Å². The fourth-order valence-electron chi connectivity index (χ4n) is 3.27. The predicted molar refractivity (Wildman–Crippen MR) is 94.1 cm³/mol. The van der Waals surface area contributed by atoms with Crippen molar-refractivity contribution in [3.8, 4) is 5.88 Å². The van der Waals surface area contributed by atoms with Crippen LogP contribution in [0.1, 0.15) is 34.9 Å². The number of aromatic nitrogens is 2. The zero-order chi connectivity index (χ0) is 15.8. The SMILES string of the molecule is Cc1ccccc1COc1ncnc2sc3c(c12)CCC(C)C3. The second kappa shape index (κ2) is 5.93. The van der Waals surface area contributed by atoms with Crippen molar-refractivity contribution in [3.05, 3.63) is 52.2 Å². The van der Waals surface area contributed by atoms with E-state index in [1.807, 2.05) is 11.3 Å². The van der Waals surface area contributed by atoms with Crippen LogP contribution in [0.2, 0.25) is 0 Å². The van der Waals surface area contributed by atoms with Gasteiger partial charge in [0.15, 0.2) is 0 Å². The summed E-state index contributed by atoms with van der Waals surface area (Å²) in [6, 6.07) is 8.33. The first kappa shape index (κ1) is 14.6. The summed E-state index contributed by atoms with van der Waals surface area (Å²) in [5.41, 5.74) is 3.87. The Morgan fingerprint density at radius 1 is 1.26 bits per heavy atom. The van der Waals surface area contributed by atoms with Crippen molar-refractivity contribution in [1.29, 1.82) is 0 Å². The number of thiophene rings is 1. The highest BCUT2D eigenvalue weighted by molar-refractivity contribution is 7.18. The quantitative estimate of drug-likeness (QED) is 0.700. The average molecular weight is 324 g/mol. The zero-order valence-corrected chi connectivity index (χ0v) is 14.3. The molecule has 1 aromatic carbocycles. The Morgan fingerprint density at radius 2 is 2.13 bits per heavy atom. The highest BCUT2D eigenvalue weighted by Crippen LogP contribution is 2.40. The van der Waals surface area contributed by atoms with Crippen molar-refractivity contribution in [2.75, 3.05) is 0 Å². The first-order chi connectivity index (χ1) is 11.2. The molecule has 2 aromatic heterocycles. The Kier molecular flexibility index (Phi) is 3.77. The number of fused-ring (bicyclic) bond motifs is 3. The summed E-state index contributed by atoms with van der Waals surface area (Å²) in [5, 5.41) is 1.15. The van der Waals surface area contributed by atoms with Gasteiger partial charge in [0.2, 0.25) is 5.88 Å². The van der Waals surface area contributed by atoms with E-state index in [0.717, 1.165) is 34.9 Å². The van der Waals surface area contributed by atoms with Gasteiger partial charge in [-0.2, -0.15) is 0 Å². The Bertz CT molecular complexity index is 856. The minimum atomic E-state index is 0.555. The molecule has 1 unspecified atom stereocenters. The molecule has 23 heavy (non-hydrogen) atoms. The maximum atomic E-state index is 6.09. The van der Waals surface area contributed by atoms with Crippen LogP contribution < -0.4 is 4.74 Å². The van der Waals surface area contributed by atoms with Gasteiger partial charge in [-0.3, -0.25) is 0 Å². The maximum Gasteiger partial charge on any atom is 0.225 e. The second-order valence-electron chi connectivity index (χ2n) is 6.43. The summed E-state index contributed by atoms with van der Waals surface area (Å²) < 4.78 is 6.09. The molecule has 1 atom stereocenters. The lowest BCUT2D eigenvalue weighted by atomic mass is 9.89. The molecule has 0 bridgehead atoms. The molecule has 2 heterocycles. The van der Waals surface area contributed by atoms with Crippen molar-refractivity contribution in [3.63, 3.8) is 0 Å². The third-order valence-corrected chi connectivity index (χ3v) is 5.84. The summed E-state index contributed by atoms with van der Waals surface area (Å²) in [6.45, 7) is 5.00. The van der Waals surface area contributed by atoms with Crippen LogP contribution in [0, 0.1) is 12.8 Å². The Hall–Kier alpha value is -1.94. The summed E-state index contributed by atoms with van der Waals surface area (Å²) in [4.78, 5) is 11.4. The van der Waals surface area contributed by atoms with Crippen LogP contribution in [0.3, 0.4) is 0 Å². The van der Waals surface area contributed by atoms with Crippen LogP contribution in [0.25, 0.3) is 10.2 Å². The molecule has 3 nitrogen and oxygen atoms in total. The predicted octanol–water partition coefficient (Wildman–Crippen LogP) is 4.70. The number of benzene rings is 1. The van der Waals surface area contributed by atoms with Crippen LogP contribution in [-0.2, 0) is 19.4 Å². The molecular weight excluding hydrogens is 304 g/mol. The normalized spacial score (nSPS) is 17.2. The first-order valence-corrected chi connectivity index (χ1v) is 8.96. The van der Waals surface area contributed by atoms with Crippen molar-refractivity contribution < 1.29 is 4.74 Å². The summed E-state index contributed by atoms with van der Waals surface area (Å²) in [5.74, 6) is 1.50. The highest BCUT2D eigenvalue weighted by atomic mass is 32.1. The van der Waals surface area contributed by atoms with Gasteiger partial charge >= 0.3 is 0 Å². The molecule has 4 heteroatoms. The topological polar surface area (TPSA) is 35.0 Å². The Morgan fingerprint density at radius 3 is 3.00 bits per heavy atom. The summed E-state index contributed by atoms with van der Waals surface area (Å²) >= 11 is 1.81. The average Bonchev–Trinajstić information content (AvgIpc) is 2.92. The molecule has 1 aliphatic rings. The second-order valence-corrected chi connectivity index (χ2v) is 7.51. The molecule has 118 valence electrons. The van der Waals surface area contributed by atoms with E-state index in [0.29, 0.717) is 6.61 Å². The molecule has 0 N–H and O–H groups in total. The van der Waals surface area contributed by atoms with Gasteiger partial charge in [0.05, 0.1) is 5.39 Å². The first-order valence-electron chi connectivity index (χ1n) is 8.15. The molecule has 4 rings (SSSR count). The monoisotopic (exact) mass is 324 g/mol. The van der Waals surface area contributed by atoms with Crippen molar-refractivity contribution >= 4 is 21.6 Å². The van der Waals surface area contributed by atoms with E-state index >= 15 is 0 Å². The number of aryl methyl sites for hydroxylation is 2. The molecule has 0 spiro atoms. The van der Waals surface area contributed by atoms with Crippen LogP contribution in [-0.4, -0.2) is 9.97 Å². The Balaban J connectivity index is 1.69. The van der Waals surface area contributed by atoms with Crippen molar-refractivity contribution in [2.45, 2.75) is 39.7 Å². The van der Waals surface area contributed by atoms with Gasteiger partial charge in [-0.05, 0) is 48.8 Å². The van der Waals surface area contributed by atoms with Gasteiger partial charge < -0.3 is 4.74 Å². The molecule has 0 saturated carbocycles. The van der Waals surface area contributed by atoms with E-state index in [4.69, 9.17) is 4.74 Å². The van der Waals surface area contributed by atoms with Gasteiger partial charge in [-0.15, -0.1) is 11.3 Å². The van der Waals surface area contributed by atoms with E-state index in [2.05, 4.69) is 48.1 Å². The van der Waals surface area contributed by atoms with Crippen molar-refractivity contribution in [2.24, 2.45) is 5.92 Å². The molecule has 1 aliphatic carbocycles. The van der Waals surface area contributed by atoms with E-state index in [-0.39, 0.29) is 0 Å². The molecule has 0 saturated heterocycles. The molecule has 0 radical (unpaired) electrons. The maximum absolute atomic E-state index is 6.09. The van der Waals surface area contributed by atoms with Crippen molar-refractivity contribution in [1.82, 2.24) is 9.97 Å². The van der Waals surface area contributed by atoms with Crippen LogP contribution in [0.5, 0.6) is 5.88 Å². The number of nitrogens with zero attached hydrogens (tertiary/aromatic N) is 2. The lowest BCUT2D eigenvalue weighted by Gasteiger charge is -2.18. The Labute approximate surface area is 140 Å². The van der Waals surface area contributed by atoms with Gasteiger partial charge in [0.25, 0.3) is 0 Å². The molecular formula is C19H20N2OS. The van der Waals surface area contributed by atoms with E-state index < -0.39 is 0 Å². The molecule has 0 fully saturated rings. The number of ether oxygens (including phenoxy) is 1. The fraction of sp³-hybridized carbons (Fsp3) is 0.368. The standard InChI is InChI=1S/C19H20N2OS/c1-12-7-8-15-16(9-12)23-19-17(15)18(20-11-21-19)22-10-14-6-4-3-5-13(14)2/h3-6,11-12H,7-10H2,1-2H3. The third kappa shape index (κ3) is 2.72. The minimum absolute atomic E-state index is 0.555. The highest BCUT2D eigenvalue weighted by Gasteiger charge is 2.23. The fourth-order valence-corrected chi connectivity index (χ4v) is 4.61. The van der Waals surface area contributed by atoms with Crippen LogP contribution >= 0.6 is 11.3 Å². The largest absolute Gasteiger partial charge is 0.472 e. The van der Waals surface area contributed by atoms with E-state index in [9.17, 15) is 0 Å². The van der Waals surface area contributed by atoms with Gasteiger partial charge in [0, 0.05) is 4.88 Å². The third-order valence-electron chi connectivity index (χ3n) is 4.68. The minimum Gasteiger partial charge on any atom is -0.472 e. The zero-order valence-electron chi connectivity index (χ0n) is 13.5. The molecule has 0 aliphatic heterocycles. The summed E-state index contributed by atoms with van der Waals surface area (Å²) in [6.07, 6.45) is 5.14. The van der Waals surface area contributed by atoms with Gasteiger partial charge in [-0.25, -0.2) is 9.97 Å². The van der Waals surface area contributed by atoms with E-state index in [1.54, 1.807) is 6.33 Å². The van der Waals surface area contributed by atoms with Crippen LogP contribution in [0.15, 0.2) is 30.6 Å². The number of hydrogen-bond acceptors (Lipinski definition) is 4. The lowest BCUT2D eigenvalue weighted by Crippen LogP contribution is -2.09. The van der Waals surface area contributed by atoms with Gasteiger partial charge in [-0.1, -0.05) is 31.2 Å².